The van der Waals surface area contributed by atoms with E-state index >= 15 is 0 Å². The third kappa shape index (κ3) is 6.50. The average molecular weight is 215 g/mol. The first-order chi connectivity index (χ1) is 6.69. The van der Waals surface area contributed by atoms with Gasteiger partial charge in [-0.25, -0.2) is 0 Å². The molecule has 0 aliphatic heterocycles. The van der Waals surface area contributed by atoms with Gasteiger partial charge in [-0.05, 0) is 18.3 Å². The molecule has 0 radical (unpaired) electrons. The fourth-order valence-corrected chi connectivity index (χ4v) is 1.11. The van der Waals surface area contributed by atoms with Gasteiger partial charge in [-0.15, -0.1) is 0 Å². The van der Waals surface area contributed by atoms with Gasteiger partial charge >= 0.3 is 0 Å². The molecule has 3 nitrogen and oxygen atoms in total. The predicted molar refractivity (Wildman–Crippen MR) is 62.6 cm³/mol. The van der Waals surface area contributed by atoms with E-state index in [9.17, 15) is 4.79 Å². The SMILES string of the molecule is CC(C)(CO)CCCNC(=O)C(C)(C)C. The summed E-state index contributed by atoms with van der Waals surface area (Å²) >= 11 is 0. The molecule has 90 valence electrons. The Bertz CT molecular complexity index is 204. The number of hydrogen-bond acceptors (Lipinski definition) is 2. The quantitative estimate of drug-likeness (QED) is 0.689. The molecule has 0 unspecified atom stereocenters. The molecule has 1 amide bonds. The van der Waals surface area contributed by atoms with Gasteiger partial charge in [0.15, 0.2) is 0 Å². The Labute approximate surface area is 93.3 Å². The Balaban J connectivity index is 3.69. The molecular weight excluding hydrogens is 190 g/mol. The summed E-state index contributed by atoms with van der Waals surface area (Å²) in [6.45, 7) is 10.6. The monoisotopic (exact) mass is 215 g/mol. The number of amides is 1. The lowest BCUT2D eigenvalue weighted by Crippen LogP contribution is -2.35. The summed E-state index contributed by atoms with van der Waals surface area (Å²) in [6.07, 6.45) is 1.84. The third-order valence-corrected chi connectivity index (χ3v) is 2.43. The first kappa shape index (κ1) is 14.4. The molecule has 2 N–H and O–H groups in total. The van der Waals surface area contributed by atoms with Crippen LogP contribution < -0.4 is 5.32 Å². The van der Waals surface area contributed by atoms with E-state index in [0.717, 1.165) is 12.8 Å². The van der Waals surface area contributed by atoms with Crippen molar-refractivity contribution < 1.29 is 9.90 Å². The molecule has 0 saturated heterocycles. The summed E-state index contributed by atoms with van der Waals surface area (Å²) in [4.78, 5) is 11.5. The molecule has 0 saturated carbocycles. The highest BCUT2D eigenvalue weighted by atomic mass is 16.3. The summed E-state index contributed by atoms with van der Waals surface area (Å²) < 4.78 is 0. The van der Waals surface area contributed by atoms with Crippen LogP contribution in [0.3, 0.4) is 0 Å². The van der Waals surface area contributed by atoms with Crippen LogP contribution in [0.25, 0.3) is 0 Å². The Hall–Kier alpha value is -0.570. The Morgan fingerprint density at radius 3 is 2.13 bits per heavy atom. The zero-order valence-corrected chi connectivity index (χ0v) is 10.7. The molecule has 0 fully saturated rings. The summed E-state index contributed by atoms with van der Waals surface area (Å²) in [5.74, 6) is 0.0873. The molecule has 0 spiro atoms. The number of aliphatic hydroxyl groups excluding tert-OH is 1. The molecule has 0 aliphatic carbocycles. The van der Waals surface area contributed by atoms with Crippen molar-refractivity contribution in [1.82, 2.24) is 5.32 Å². The second-order valence-corrected chi connectivity index (χ2v) is 5.93. The van der Waals surface area contributed by atoms with E-state index in [2.05, 4.69) is 5.32 Å². The molecule has 0 atom stereocenters. The number of carbonyl (C=O) groups excluding carboxylic acids is 1. The zero-order valence-electron chi connectivity index (χ0n) is 10.7. The summed E-state index contributed by atoms with van der Waals surface area (Å²) in [6, 6.07) is 0. The fraction of sp³-hybridized carbons (Fsp3) is 0.917. The lowest BCUT2D eigenvalue weighted by atomic mass is 9.89. The highest BCUT2D eigenvalue weighted by molar-refractivity contribution is 5.81. The van der Waals surface area contributed by atoms with E-state index in [-0.39, 0.29) is 23.3 Å². The maximum absolute atomic E-state index is 11.5. The van der Waals surface area contributed by atoms with Crippen molar-refractivity contribution in [3.63, 3.8) is 0 Å². The number of carbonyl (C=O) groups is 1. The predicted octanol–water partition coefficient (Wildman–Crippen LogP) is 1.95. The largest absolute Gasteiger partial charge is 0.396 e. The van der Waals surface area contributed by atoms with Crippen LogP contribution in [-0.2, 0) is 4.79 Å². The summed E-state index contributed by atoms with van der Waals surface area (Å²) in [7, 11) is 0. The second-order valence-electron chi connectivity index (χ2n) is 5.93. The van der Waals surface area contributed by atoms with E-state index in [4.69, 9.17) is 5.11 Å². The molecule has 0 aromatic carbocycles. The van der Waals surface area contributed by atoms with Crippen LogP contribution >= 0.6 is 0 Å². The zero-order chi connectivity index (χ0) is 12.1. The molecule has 3 heteroatoms. The molecule has 0 bridgehead atoms. The van der Waals surface area contributed by atoms with Gasteiger partial charge in [0.2, 0.25) is 5.91 Å². The highest BCUT2D eigenvalue weighted by Gasteiger charge is 2.21. The molecule has 15 heavy (non-hydrogen) atoms. The normalized spacial score (nSPS) is 12.7. The van der Waals surface area contributed by atoms with Gasteiger partial charge in [0.05, 0.1) is 0 Å². The van der Waals surface area contributed by atoms with Crippen molar-refractivity contribution >= 4 is 5.91 Å². The van der Waals surface area contributed by atoms with E-state index in [0.29, 0.717) is 6.54 Å². The summed E-state index contributed by atoms with van der Waals surface area (Å²) in [5, 5.41) is 11.9. The minimum Gasteiger partial charge on any atom is -0.396 e. The fourth-order valence-electron chi connectivity index (χ4n) is 1.11. The van der Waals surface area contributed by atoms with Gasteiger partial charge < -0.3 is 10.4 Å². The second kappa shape index (κ2) is 5.50. The van der Waals surface area contributed by atoms with Crippen LogP contribution in [0.1, 0.15) is 47.5 Å². The number of nitrogens with one attached hydrogen (secondary N) is 1. The Morgan fingerprint density at radius 1 is 1.20 bits per heavy atom. The van der Waals surface area contributed by atoms with Crippen molar-refractivity contribution in [2.75, 3.05) is 13.2 Å². The van der Waals surface area contributed by atoms with Crippen molar-refractivity contribution in [3.05, 3.63) is 0 Å². The van der Waals surface area contributed by atoms with Gasteiger partial charge in [-0.2, -0.15) is 0 Å². The van der Waals surface area contributed by atoms with E-state index < -0.39 is 0 Å². The molecule has 0 aliphatic rings. The van der Waals surface area contributed by atoms with Crippen LogP contribution in [0.15, 0.2) is 0 Å². The van der Waals surface area contributed by atoms with Gasteiger partial charge in [0.1, 0.15) is 0 Å². The average Bonchev–Trinajstić information content (AvgIpc) is 2.10. The van der Waals surface area contributed by atoms with E-state index in [1.165, 1.54) is 0 Å². The lowest BCUT2D eigenvalue weighted by molar-refractivity contribution is -0.128. The van der Waals surface area contributed by atoms with Crippen LogP contribution in [0, 0.1) is 10.8 Å². The summed E-state index contributed by atoms with van der Waals surface area (Å²) in [5.41, 5.74) is -0.348. The number of hydrogen-bond donors (Lipinski definition) is 2. The maximum atomic E-state index is 11.5. The third-order valence-electron chi connectivity index (χ3n) is 2.43. The van der Waals surface area contributed by atoms with E-state index in [1.807, 2.05) is 34.6 Å². The first-order valence-corrected chi connectivity index (χ1v) is 5.58. The number of aliphatic hydroxyl groups is 1. The van der Waals surface area contributed by atoms with Crippen molar-refractivity contribution in [2.45, 2.75) is 47.5 Å². The standard InChI is InChI=1S/C12H25NO2/c1-11(2,3)10(15)13-8-6-7-12(4,5)9-14/h14H,6-9H2,1-5H3,(H,13,15). The van der Waals surface area contributed by atoms with Crippen LogP contribution in [0.4, 0.5) is 0 Å². The van der Waals surface area contributed by atoms with Crippen molar-refractivity contribution in [2.24, 2.45) is 10.8 Å². The van der Waals surface area contributed by atoms with Gasteiger partial charge in [0.25, 0.3) is 0 Å². The number of rotatable bonds is 5. The highest BCUT2D eigenvalue weighted by Crippen LogP contribution is 2.20. The van der Waals surface area contributed by atoms with Crippen LogP contribution in [0.5, 0.6) is 0 Å². The Kier molecular flexibility index (Phi) is 5.29. The van der Waals surface area contributed by atoms with E-state index in [1.54, 1.807) is 0 Å². The van der Waals surface area contributed by atoms with Crippen molar-refractivity contribution in [3.8, 4) is 0 Å². The molecule has 0 rings (SSSR count). The topological polar surface area (TPSA) is 49.3 Å². The smallest absolute Gasteiger partial charge is 0.225 e. The molecule has 0 aromatic rings. The lowest BCUT2D eigenvalue weighted by Gasteiger charge is -2.22. The van der Waals surface area contributed by atoms with Gasteiger partial charge in [0, 0.05) is 18.6 Å². The van der Waals surface area contributed by atoms with Gasteiger partial charge in [-0.3, -0.25) is 4.79 Å². The first-order valence-electron chi connectivity index (χ1n) is 5.58. The van der Waals surface area contributed by atoms with Crippen LogP contribution in [0.2, 0.25) is 0 Å². The minimum absolute atomic E-state index is 0.0353. The molecule has 0 aromatic heterocycles. The molecule has 0 heterocycles. The maximum Gasteiger partial charge on any atom is 0.225 e. The van der Waals surface area contributed by atoms with Crippen LogP contribution in [-0.4, -0.2) is 24.2 Å². The Morgan fingerprint density at radius 2 is 1.73 bits per heavy atom. The molecular formula is C12H25NO2. The van der Waals surface area contributed by atoms with Crippen molar-refractivity contribution in [1.29, 1.82) is 0 Å². The van der Waals surface area contributed by atoms with Gasteiger partial charge in [-0.1, -0.05) is 34.6 Å². The minimum atomic E-state index is -0.313.